The van der Waals surface area contributed by atoms with Gasteiger partial charge in [0.05, 0.1) is 11.4 Å². The van der Waals surface area contributed by atoms with Crippen LogP contribution in [-0.4, -0.2) is 33.6 Å². The van der Waals surface area contributed by atoms with Gasteiger partial charge in [-0.25, -0.2) is 9.59 Å². The summed E-state index contributed by atoms with van der Waals surface area (Å²) in [6, 6.07) is 13.0. The summed E-state index contributed by atoms with van der Waals surface area (Å²) in [4.78, 5) is 33.2. The Kier molecular flexibility index (Phi) is 7.90. The Labute approximate surface area is 168 Å². The minimum Gasteiger partial charge on any atom is -0.507 e. The Morgan fingerprint density at radius 3 is 1.48 bits per heavy atom. The van der Waals surface area contributed by atoms with Crippen molar-refractivity contribution in [3.8, 4) is 11.5 Å². The van der Waals surface area contributed by atoms with Crippen molar-refractivity contribution in [1.82, 2.24) is 0 Å². The fourth-order valence-electron chi connectivity index (χ4n) is 2.44. The molecule has 0 heterocycles. The normalized spacial score (nSPS) is 11.8. The van der Waals surface area contributed by atoms with Crippen LogP contribution in [0.1, 0.15) is 44.2 Å². The lowest BCUT2D eigenvalue weighted by Gasteiger charge is -2.06. The van der Waals surface area contributed by atoms with E-state index >= 15 is 0 Å². The highest BCUT2D eigenvalue weighted by atomic mass is 16.7. The van der Waals surface area contributed by atoms with Crippen molar-refractivity contribution in [3.05, 3.63) is 59.7 Å². The summed E-state index contributed by atoms with van der Waals surface area (Å²) in [6.07, 6.45) is 0.114. The first-order valence-electron chi connectivity index (χ1n) is 9.06. The topological polar surface area (TPSA) is 118 Å². The number of carbonyl (C=O) groups is 2. The van der Waals surface area contributed by atoms with Gasteiger partial charge < -0.3 is 19.9 Å². The van der Waals surface area contributed by atoms with Crippen LogP contribution in [0.3, 0.4) is 0 Å². The standard InChI is InChI=1S/C21H22N2O6/c1-3-16(14-9-5-7-11-18(14)24)22-28-20(26)13-21(27)29-23-17(4-2)15-10-6-8-12-19(15)25/h5-12,24-25H,3-4,13H2,1-2H3. The number of oxime groups is 2. The van der Waals surface area contributed by atoms with E-state index in [1.54, 1.807) is 50.2 Å². The van der Waals surface area contributed by atoms with Gasteiger partial charge in [0, 0.05) is 11.1 Å². The number of phenolic OH excluding ortho intramolecular Hbond substituents is 2. The zero-order valence-corrected chi connectivity index (χ0v) is 16.2. The lowest BCUT2D eigenvalue weighted by molar-refractivity contribution is -0.154. The molecule has 2 aromatic rings. The summed E-state index contributed by atoms with van der Waals surface area (Å²) >= 11 is 0. The minimum absolute atomic E-state index is 0.00848. The molecular weight excluding hydrogens is 376 g/mol. The molecular formula is C21H22N2O6. The Bertz CT molecular complexity index is 861. The number of nitrogens with zero attached hydrogens (tertiary/aromatic N) is 2. The molecule has 152 valence electrons. The maximum Gasteiger partial charge on any atom is 0.346 e. The highest BCUT2D eigenvalue weighted by molar-refractivity contribution is 6.03. The molecule has 0 spiro atoms. The van der Waals surface area contributed by atoms with Crippen LogP contribution in [0, 0.1) is 0 Å². The van der Waals surface area contributed by atoms with E-state index in [9.17, 15) is 19.8 Å². The predicted octanol–water partition coefficient (Wildman–Crippen LogP) is 3.50. The van der Waals surface area contributed by atoms with Gasteiger partial charge in [-0.2, -0.15) is 0 Å². The zero-order chi connectivity index (χ0) is 21.2. The molecule has 0 unspecified atom stereocenters. The molecule has 0 aliphatic rings. The summed E-state index contributed by atoms with van der Waals surface area (Å²) in [7, 11) is 0. The molecule has 0 fully saturated rings. The molecule has 8 heteroatoms. The Balaban J connectivity index is 1.97. The molecule has 0 aliphatic heterocycles. The van der Waals surface area contributed by atoms with Gasteiger partial charge in [0.25, 0.3) is 0 Å². The van der Waals surface area contributed by atoms with Crippen molar-refractivity contribution in [2.24, 2.45) is 10.3 Å². The third-order valence-corrected chi connectivity index (χ3v) is 3.90. The number of hydrogen-bond donors (Lipinski definition) is 2. The summed E-state index contributed by atoms with van der Waals surface area (Å²) in [5.41, 5.74) is 1.58. The molecule has 0 saturated carbocycles. The van der Waals surface area contributed by atoms with Gasteiger partial charge in [-0.3, -0.25) is 0 Å². The van der Waals surface area contributed by atoms with E-state index in [0.29, 0.717) is 35.4 Å². The highest BCUT2D eigenvalue weighted by Crippen LogP contribution is 2.19. The van der Waals surface area contributed by atoms with E-state index in [1.807, 2.05) is 0 Å². The third kappa shape index (κ3) is 6.17. The monoisotopic (exact) mass is 398 g/mol. The molecule has 2 N–H and O–H groups in total. The molecule has 0 radical (unpaired) electrons. The molecule has 0 atom stereocenters. The SMILES string of the molecule is CCC(=NOC(=O)CC(=O)ON=C(CC)c1ccccc1O)c1ccccc1O. The first kappa shape index (κ1) is 21.6. The van der Waals surface area contributed by atoms with Crippen molar-refractivity contribution in [2.45, 2.75) is 33.1 Å². The third-order valence-electron chi connectivity index (χ3n) is 3.90. The Morgan fingerprint density at radius 2 is 1.14 bits per heavy atom. The van der Waals surface area contributed by atoms with Crippen molar-refractivity contribution < 1.29 is 29.5 Å². The van der Waals surface area contributed by atoms with Gasteiger partial charge in [0.1, 0.15) is 17.9 Å². The highest BCUT2D eigenvalue weighted by Gasteiger charge is 2.15. The summed E-state index contributed by atoms with van der Waals surface area (Å²) < 4.78 is 0. The number of rotatable bonds is 8. The lowest BCUT2D eigenvalue weighted by Crippen LogP contribution is -2.12. The van der Waals surface area contributed by atoms with Crippen molar-refractivity contribution in [3.63, 3.8) is 0 Å². The minimum atomic E-state index is -0.924. The van der Waals surface area contributed by atoms with Crippen molar-refractivity contribution >= 4 is 23.4 Å². The van der Waals surface area contributed by atoms with Gasteiger partial charge in [0.15, 0.2) is 0 Å². The number of benzene rings is 2. The molecule has 0 aliphatic carbocycles. The average Bonchev–Trinajstić information content (AvgIpc) is 2.71. The molecule has 2 aromatic carbocycles. The van der Waals surface area contributed by atoms with E-state index in [4.69, 9.17) is 9.68 Å². The van der Waals surface area contributed by atoms with Crippen LogP contribution >= 0.6 is 0 Å². The van der Waals surface area contributed by atoms with Gasteiger partial charge in [0.2, 0.25) is 0 Å². The van der Waals surface area contributed by atoms with Crippen LogP contribution in [-0.2, 0) is 19.3 Å². The second-order valence-electron chi connectivity index (χ2n) is 5.92. The number of phenols is 2. The smallest absolute Gasteiger partial charge is 0.346 e. The van der Waals surface area contributed by atoms with Gasteiger partial charge >= 0.3 is 11.9 Å². The number of aromatic hydroxyl groups is 2. The van der Waals surface area contributed by atoms with Crippen molar-refractivity contribution in [2.75, 3.05) is 0 Å². The quantitative estimate of drug-likeness (QED) is 0.304. The fourth-order valence-corrected chi connectivity index (χ4v) is 2.44. The first-order valence-corrected chi connectivity index (χ1v) is 9.06. The molecule has 0 amide bonds. The van der Waals surface area contributed by atoms with Gasteiger partial charge in [-0.15, -0.1) is 0 Å². The lowest BCUT2D eigenvalue weighted by atomic mass is 10.1. The molecule has 8 nitrogen and oxygen atoms in total. The van der Waals surface area contributed by atoms with Crippen LogP contribution in [0.25, 0.3) is 0 Å². The largest absolute Gasteiger partial charge is 0.507 e. The maximum absolute atomic E-state index is 11.8. The van der Waals surface area contributed by atoms with Crippen LogP contribution < -0.4 is 0 Å². The zero-order valence-electron chi connectivity index (χ0n) is 16.2. The van der Waals surface area contributed by atoms with E-state index in [1.165, 1.54) is 12.1 Å². The number of carbonyl (C=O) groups excluding carboxylic acids is 2. The molecule has 0 saturated heterocycles. The summed E-state index contributed by atoms with van der Waals surface area (Å²) in [6.45, 7) is 3.57. The van der Waals surface area contributed by atoms with Gasteiger partial charge in [-0.05, 0) is 37.1 Å². The van der Waals surface area contributed by atoms with Crippen molar-refractivity contribution in [1.29, 1.82) is 0 Å². The van der Waals surface area contributed by atoms with Crippen LogP contribution in [0.5, 0.6) is 11.5 Å². The second-order valence-corrected chi connectivity index (χ2v) is 5.92. The number of hydrogen-bond acceptors (Lipinski definition) is 8. The van der Waals surface area contributed by atoms with E-state index in [-0.39, 0.29) is 11.5 Å². The van der Waals surface area contributed by atoms with E-state index in [0.717, 1.165) is 0 Å². The van der Waals surface area contributed by atoms with Crippen LogP contribution in [0.4, 0.5) is 0 Å². The van der Waals surface area contributed by atoms with Crippen LogP contribution in [0.2, 0.25) is 0 Å². The molecule has 2 rings (SSSR count). The Hall–Kier alpha value is -3.68. The van der Waals surface area contributed by atoms with Crippen LogP contribution in [0.15, 0.2) is 58.8 Å². The molecule has 0 bridgehead atoms. The van der Waals surface area contributed by atoms with Gasteiger partial charge in [-0.1, -0.05) is 48.4 Å². The van der Waals surface area contributed by atoms with E-state index in [2.05, 4.69) is 10.3 Å². The average molecular weight is 398 g/mol. The van der Waals surface area contributed by atoms with E-state index < -0.39 is 18.4 Å². The maximum atomic E-state index is 11.8. The summed E-state index contributed by atoms with van der Waals surface area (Å²) in [5.74, 6) is -1.83. The second kappa shape index (κ2) is 10.6. The first-order chi connectivity index (χ1) is 14.0. The molecule has 0 aromatic heterocycles. The number of para-hydroxylation sites is 2. The molecule has 29 heavy (non-hydrogen) atoms. The summed E-state index contributed by atoms with van der Waals surface area (Å²) in [5, 5.41) is 27.2. The predicted molar refractivity (Wildman–Crippen MR) is 107 cm³/mol. The fraction of sp³-hybridized carbons (Fsp3) is 0.238. The Morgan fingerprint density at radius 1 is 0.759 bits per heavy atom.